The van der Waals surface area contributed by atoms with E-state index in [0.717, 1.165) is 17.1 Å². The molecule has 1 aromatic heterocycles. The average molecular weight is 320 g/mol. The van der Waals surface area contributed by atoms with Crippen LogP contribution in [0.5, 0.6) is 0 Å². The van der Waals surface area contributed by atoms with Crippen molar-refractivity contribution in [3.63, 3.8) is 0 Å². The highest BCUT2D eigenvalue weighted by molar-refractivity contribution is 6.30. The summed E-state index contributed by atoms with van der Waals surface area (Å²) in [6.45, 7) is 6.55. The number of carbonyl (C=O) groups excluding carboxylic acids is 1. The Labute approximate surface area is 136 Å². The molecule has 5 heteroatoms. The first-order valence-electron chi connectivity index (χ1n) is 7.34. The van der Waals surface area contributed by atoms with Gasteiger partial charge in [-0.25, -0.2) is 0 Å². The number of likely N-dealkylation sites (N-methyl/N-ethyl adjacent to an activating group) is 1. The van der Waals surface area contributed by atoms with Crippen molar-refractivity contribution in [2.75, 3.05) is 13.6 Å². The fourth-order valence-electron chi connectivity index (χ4n) is 2.45. The molecule has 0 spiro atoms. The minimum Gasteiger partial charge on any atom is -0.350 e. The van der Waals surface area contributed by atoms with Crippen LogP contribution < -0.4 is 10.6 Å². The molecule has 4 nitrogen and oxygen atoms in total. The van der Waals surface area contributed by atoms with E-state index in [1.54, 1.807) is 0 Å². The van der Waals surface area contributed by atoms with Gasteiger partial charge >= 0.3 is 0 Å². The van der Waals surface area contributed by atoms with Gasteiger partial charge < -0.3 is 15.2 Å². The zero-order valence-corrected chi connectivity index (χ0v) is 14.2. The first kappa shape index (κ1) is 16.6. The molecular weight excluding hydrogens is 298 g/mol. The van der Waals surface area contributed by atoms with Gasteiger partial charge in [-0.05, 0) is 52.1 Å². The van der Waals surface area contributed by atoms with Crippen molar-refractivity contribution in [1.82, 2.24) is 15.2 Å². The van der Waals surface area contributed by atoms with Gasteiger partial charge in [0.25, 0.3) is 5.91 Å². The number of hydrogen-bond donors (Lipinski definition) is 2. The molecule has 0 fully saturated rings. The molecule has 0 saturated heterocycles. The van der Waals surface area contributed by atoms with Gasteiger partial charge in [0, 0.05) is 34.7 Å². The highest BCUT2D eigenvalue weighted by Gasteiger charge is 2.17. The van der Waals surface area contributed by atoms with E-state index in [4.69, 9.17) is 11.6 Å². The summed E-state index contributed by atoms with van der Waals surface area (Å²) in [5, 5.41) is 6.73. The largest absolute Gasteiger partial charge is 0.350 e. The van der Waals surface area contributed by atoms with Crippen LogP contribution in [0.25, 0.3) is 5.69 Å². The van der Waals surface area contributed by atoms with Crippen LogP contribution in [0.2, 0.25) is 5.02 Å². The zero-order chi connectivity index (χ0) is 16.3. The highest BCUT2D eigenvalue weighted by Crippen LogP contribution is 2.22. The topological polar surface area (TPSA) is 46.1 Å². The van der Waals surface area contributed by atoms with E-state index in [0.29, 0.717) is 17.1 Å². The average Bonchev–Trinajstić information content (AvgIpc) is 2.79. The number of aromatic nitrogens is 1. The predicted octanol–water partition coefficient (Wildman–Crippen LogP) is 3.09. The second-order valence-electron chi connectivity index (χ2n) is 5.50. The molecular formula is C17H22ClN3O. The van der Waals surface area contributed by atoms with Gasteiger partial charge in [0.05, 0.1) is 5.56 Å². The van der Waals surface area contributed by atoms with Crippen LogP contribution in [-0.4, -0.2) is 30.1 Å². The summed E-state index contributed by atoms with van der Waals surface area (Å²) in [7, 11) is 1.88. The van der Waals surface area contributed by atoms with Gasteiger partial charge in [-0.3, -0.25) is 4.79 Å². The minimum absolute atomic E-state index is 0.0523. The Balaban J connectivity index is 2.29. The van der Waals surface area contributed by atoms with Gasteiger partial charge in [-0.15, -0.1) is 0 Å². The van der Waals surface area contributed by atoms with Crippen molar-refractivity contribution in [3.8, 4) is 5.69 Å². The quantitative estimate of drug-likeness (QED) is 0.889. The first-order valence-corrected chi connectivity index (χ1v) is 7.72. The number of hydrogen-bond acceptors (Lipinski definition) is 2. The number of nitrogens with one attached hydrogen (secondary N) is 2. The van der Waals surface area contributed by atoms with Crippen LogP contribution in [0.15, 0.2) is 30.3 Å². The molecule has 0 aliphatic carbocycles. The van der Waals surface area contributed by atoms with Crippen molar-refractivity contribution in [2.45, 2.75) is 26.8 Å². The zero-order valence-electron chi connectivity index (χ0n) is 13.4. The van der Waals surface area contributed by atoms with E-state index >= 15 is 0 Å². The molecule has 2 rings (SSSR count). The molecule has 0 radical (unpaired) electrons. The number of carbonyl (C=O) groups is 1. The second-order valence-corrected chi connectivity index (χ2v) is 5.94. The van der Waals surface area contributed by atoms with Crippen LogP contribution in [0.4, 0.5) is 0 Å². The van der Waals surface area contributed by atoms with Crippen molar-refractivity contribution in [2.24, 2.45) is 0 Å². The monoisotopic (exact) mass is 319 g/mol. The van der Waals surface area contributed by atoms with Gasteiger partial charge in [0.15, 0.2) is 0 Å². The molecule has 0 aliphatic heterocycles. The summed E-state index contributed by atoms with van der Waals surface area (Å²) < 4.78 is 2.04. The van der Waals surface area contributed by atoms with Gasteiger partial charge in [-0.2, -0.15) is 0 Å². The summed E-state index contributed by atoms with van der Waals surface area (Å²) in [5.41, 5.74) is 3.58. The molecule has 1 heterocycles. The van der Waals surface area contributed by atoms with Gasteiger partial charge in [-0.1, -0.05) is 17.7 Å². The Morgan fingerprint density at radius 2 is 2.05 bits per heavy atom. The smallest absolute Gasteiger partial charge is 0.253 e. The number of benzene rings is 1. The molecule has 0 bridgehead atoms. The lowest BCUT2D eigenvalue weighted by Crippen LogP contribution is -2.37. The lowest BCUT2D eigenvalue weighted by Gasteiger charge is -2.12. The second kappa shape index (κ2) is 6.99. The maximum atomic E-state index is 12.4. The van der Waals surface area contributed by atoms with Gasteiger partial charge in [0.2, 0.25) is 0 Å². The molecule has 0 aliphatic rings. The first-order chi connectivity index (χ1) is 10.4. The maximum Gasteiger partial charge on any atom is 0.253 e. The molecule has 1 atom stereocenters. The third-order valence-electron chi connectivity index (χ3n) is 3.80. The molecule has 1 aromatic carbocycles. The Bertz CT molecular complexity index is 679. The molecule has 2 aromatic rings. The summed E-state index contributed by atoms with van der Waals surface area (Å²) in [4.78, 5) is 12.4. The standard InChI is InChI=1S/C17H22ClN3O/c1-11(19-4)10-20-17(22)16-8-12(2)21(13(16)3)15-7-5-6-14(18)9-15/h5-9,11,19H,10H2,1-4H3,(H,20,22). The summed E-state index contributed by atoms with van der Waals surface area (Å²) in [5.74, 6) is -0.0523. The Kier molecular flexibility index (Phi) is 5.27. The third-order valence-corrected chi connectivity index (χ3v) is 4.04. The number of rotatable bonds is 5. The fraction of sp³-hybridized carbons (Fsp3) is 0.353. The molecule has 2 N–H and O–H groups in total. The minimum atomic E-state index is -0.0523. The number of nitrogens with zero attached hydrogens (tertiary/aromatic N) is 1. The molecule has 0 saturated carbocycles. The molecule has 1 amide bonds. The fourth-order valence-corrected chi connectivity index (χ4v) is 2.63. The number of aryl methyl sites for hydroxylation is 1. The van der Waals surface area contributed by atoms with E-state index in [9.17, 15) is 4.79 Å². The Morgan fingerprint density at radius 3 is 2.68 bits per heavy atom. The SMILES string of the molecule is CNC(C)CNC(=O)c1cc(C)n(-c2cccc(Cl)c2)c1C. The van der Waals surface area contributed by atoms with Crippen LogP contribution in [0.1, 0.15) is 28.7 Å². The van der Waals surface area contributed by atoms with E-state index in [1.165, 1.54) is 0 Å². The van der Waals surface area contributed by atoms with Crippen molar-refractivity contribution < 1.29 is 4.79 Å². The molecule has 118 valence electrons. The van der Waals surface area contributed by atoms with Crippen LogP contribution in [0, 0.1) is 13.8 Å². The highest BCUT2D eigenvalue weighted by atomic mass is 35.5. The van der Waals surface area contributed by atoms with Crippen LogP contribution in [0.3, 0.4) is 0 Å². The third kappa shape index (κ3) is 3.51. The van der Waals surface area contributed by atoms with Crippen molar-refractivity contribution in [3.05, 3.63) is 52.3 Å². The Morgan fingerprint density at radius 1 is 1.32 bits per heavy atom. The van der Waals surface area contributed by atoms with E-state index in [-0.39, 0.29) is 11.9 Å². The maximum absolute atomic E-state index is 12.4. The lowest BCUT2D eigenvalue weighted by atomic mass is 10.2. The summed E-state index contributed by atoms with van der Waals surface area (Å²) in [6, 6.07) is 9.77. The van der Waals surface area contributed by atoms with Gasteiger partial charge in [0.1, 0.15) is 0 Å². The number of halogens is 1. The summed E-state index contributed by atoms with van der Waals surface area (Å²) in [6.07, 6.45) is 0. The van der Waals surface area contributed by atoms with Crippen molar-refractivity contribution >= 4 is 17.5 Å². The van der Waals surface area contributed by atoms with Crippen molar-refractivity contribution in [1.29, 1.82) is 0 Å². The molecule has 22 heavy (non-hydrogen) atoms. The van der Waals surface area contributed by atoms with E-state index in [2.05, 4.69) is 10.6 Å². The van der Waals surface area contributed by atoms with E-state index < -0.39 is 0 Å². The van der Waals surface area contributed by atoms with Crippen LogP contribution in [-0.2, 0) is 0 Å². The normalized spacial score (nSPS) is 12.2. The van der Waals surface area contributed by atoms with Crippen LogP contribution >= 0.6 is 11.6 Å². The summed E-state index contributed by atoms with van der Waals surface area (Å²) >= 11 is 6.07. The number of amides is 1. The lowest BCUT2D eigenvalue weighted by molar-refractivity contribution is 0.0950. The Hall–Kier alpha value is -1.78. The molecule has 1 unspecified atom stereocenters. The predicted molar refractivity (Wildman–Crippen MR) is 91.1 cm³/mol. The van der Waals surface area contributed by atoms with E-state index in [1.807, 2.05) is 62.7 Å².